The Morgan fingerprint density at radius 1 is 1.29 bits per heavy atom. The van der Waals surface area contributed by atoms with E-state index in [9.17, 15) is 9.59 Å². The van der Waals surface area contributed by atoms with Crippen molar-refractivity contribution < 1.29 is 14.3 Å². The van der Waals surface area contributed by atoms with Crippen LogP contribution in [0.2, 0.25) is 5.02 Å². The second-order valence-electron chi connectivity index (χ2n) is 8.51. The summed E-state index contributed by atoms with van der Waals surface area (Å²) in [6, 6.07) is 7.11. The summed E-state index contributed by atoms with van der Waals surface area (Å²) in [5.41, 5.74) is 2.89. The molecule has 0 unspecified atom stereocenters. The minimum absolute atomic E-state index is 0.0608. The molecule has 1 fully saturated rings. The molecule has 2 amide bonds. The Balaban J connectivity index is 1.65. The molecule has 1 aromatic carbocycles. The zero-order valence-electron chi connectivity index (χ0n) is 19.8. The van der Waals surface area contributed by atoms with Crippen molar-refractivity contribution in [2.75, 3.05) is 26.2 Å². The number of amidine groups is 1. The largest absolute Gasteiger partial charge is 0.376 e. The number of hydrogen-bond donors (Lipinski definition) is 1. The van der Waals surface area contributed by atoms with Gasteiger partial charge in [-0.1, -0.05) is 41.6 Å². The van der Waals surface area contributed by atoms with Crippen molar-refractivity contribution in [3.8, 4) is 0 Å². The molecule has 3 heterocycles. The van der Waals surface area contributed by atoms with Crippen molar-refractivity contribution >= 4 is 40.3 Å². The van der Waals surface area contributed by atoms with Gasteiger partial charge in [0.05, 0.1) is 29.8 Å². The summed E-state index contributed by atoms with van der Waals surface area (Å²) in [5.74, 6) is -0.140. The number of fused-ring (bicyclic) bond motifs is 1. The molecule has 0 aliphatic carbocycles. The van der Waals surface area contributed by atoms with Crippen LogP contribution < -0.4 is 5.32 Å². The molecule has 1 aromatic rings. The van der Waals surface area contributed by atoms with Crippen LogP contribution in [0, 0.1) is 0 Å². The number of benzene rings is 1. The van der Waals surface area contributed by atoms with Crippen LogP contribution in [0.3, 0.4) is 0 Å². The van der Waals surface area contributed by atoms with E-state index in [4.69, 9.17) is 21.3 Å². The van der Waals surface area contributed by atoms with Crippen LogP contribution >= 0.6 is 23.4 Å². The van der Waals surface area contributed by atoms with E-state index >= 15 is 0 Å². The molecule has 3 aliphatic heterocycles. The van der Waals surface area contributed by atoms with Gasteiger partial charge in [0.1, 0.15) is 0 Å². The summed E-state index contributed by atoms with van der Waals surface area (Å²) in [7, 11) is 0. The van der Waals surface area contributed by atoms with Crippen LogP contribution in [0.1, 0.15) is 51.6 Å². The number of aliphatic imine (C=N–C) groups is 1. The highest BCUT2D eigenvalue weighted by atomic mass is 35.5. The van der Waals surface area contributed by atoms with Crippen LogP contribution in [0.5, 0.6) is 0 Å². The summed E-state index contributed by atoms with van der Waals surface area (Å²) in [4.78, 5) is 35.0. The van der Waals surface area contributed by atoms with Crippen LogP contribution in [-0.2, 0) is 14.3 Å². The Hall–Kier alpha value is -2.29. The van der Waals surface area contributed by atoms with Crippen LogP contribution in [0.25, 0.3) is 0 Å². The molecular weight excluding hydrogens is 472 g/mol. The van der Waals surface area contributed by atoms with E-state index in [1.165, 1.54) is 11.8 Å². The van der Waals surface area contributed by atoms with Gasteiger partial charge in [0.2, 0.25) is 5.91 Å². The lowest BCUT2D eigenvalue weighted by Crippen LogP contribution is -2.42. The predicted octanol–water partition coefficient (Wildman–Crippen LogP) is 4.47. The second kappa shape index (κ2) is 11.0. The van der Waals surface area contributed by atoms with Crippen LogP contribution in [0.4, 0.5) is 0 Å². The van der Waals surface area contributed by atoms with Crippen LogP contribution in [0.15, 0.2) is 51.6 Å². The van der Waals surface area contributed by atoms with Gasteiger partial charge >= 0.3 is 0 Å². The molecule has 1 saturated heterocycles. The molecule has 0 aromatic heterocycles. The fourth-order valence-corrected chi connectivity index (χ4v) is 5.78. The Morgan fingerprint density at radius 2 is 2.06 bits per heavy atom. The van der Waals surface area contributed by atoms with Gasteiger partial charge in [-0.2, -0.15) is 0 Å². The molecule has 2 atom stereocenters. The summed E-state index contributed by atoms with van der Waals surface area (Å²) >= 11 is 8.12. The molecule has 3 aliphatic rings. The third-order valence-corrected chi connectivity index (χ3v) is 7.61. The normalized spacial score (nSPS) is 21.8. The third kappa shape index (κ3) is 5.04. The van der Waals surface area contributed by atoms with E-state index in [1.54, 1.807) is 4.90 Å². The number of ether oxygens (including phenoxy) is 1. The average molecular weight is 503 g/mol. The summed E-state index contributed by atoms with van der Waals surface area (Å²) in [5, 5.41) is 6.27. The van der Waals surface area contributed by atoms with Gasteiger partial charge in [0.25, 0.3) is 5.91 Å². The van der Waals surface area contributed by atoms with Crippen molar-refractivity contribution in [2.24, 2.45) is 4.99 Å². The number of rotatable bonds is 8. The fourth-order valence-electron chi connectivity index (χ4n) is 4.58. The summed E-state index contributed by atoms with van der Waals surface area (Å²) < 4.78 is 5.62. The predicted molar refractivity (Wildman–Crippen MR) is 136 cm³/mol. The zero-order chi connectivity index (χ0) is 24.2. The number of amides is 2. The molecule has 0 spiro atoms. The van der Waals surface area contributed by atoms with Crippen molar-refractivity contribution in [3.05, 3.63) is 57.2 Å². The summed E-state index contributed by atoms with van der Waals surface area (Å²) in [6.45, 7) is 8.27. The lowest BCUT2D eigenvalue weighted by molar-refractivity contribution is -0.127. The molecule has 4 rings (SSSR count). The number of nitrogens with zero attached hydrogens (tertiary/aromatic N) is 3. The molecule has 0 saturated carbocycles. The maximum Gasteiger partial charge on any atom is 0.254 e. The van der Waals surface area contributed by atoms with Crippen molar-refractivity contribution in [3.63, 3.8) is 0 Å². The van der Waals surface area contributed by atoms with Crippen molar-refractivity contribution in [1.29, 1.82) is 0 Å². The molecule has 0 radical (unpaired) electrons. The van der Waals surface area contributed by atoms with Crippen molar-refractivity contribution in [1.82, 2.24) is 15.1 Å². The molecule has 182 valence electrons. The SMILES string of the molecule is CCN(CC)C(=O)C1=C(C)N=C2SC=C(CC(=O)NC[C@@H]3CCCO3)N2[C@H]1c1ccccc1Cl. The van der Waals surface area contributed by atoms with E-state index in [0.29, 0.717) is 35.9 Å². The first-order valence-electron chi connectivity index (χ1n) is 11.8. The zero-order valence-corrected chi connectivity index (χ0v) is 21.4. The number of hydrogen-bond acceptors (Lipinski definition) is 6. The fraction of sp³-hybridized carbons (Fsp3) is 0.480. The van der Waals surface area contributed by atoms with Gasteiger partial charge in [0, 0.05) is 37.0 Å². The number of allylic oxidation sites excluding steroid dienone is 1. The number of carbonyl (C=O) groups excluding carboxylic acids is 2. The van der Waals surface area contributed by atoms with E-state index < -0.39 is 6.04 Å². The maximum atomic E-state index is 13.6. The highest BCUT2D eigenvalue weighted by molar-refractivity contribution is 8.16. The topological polar surface area (TPSA) is 74.2 Å². The van der Waals surface area contributed by atoms with Crippen molar-refractivity contribution in [2.45, 2.75) is 52.2 Å². The molecule has 1 N–H and O–H groups in total. The first kappa shape index (κ1) is 24.8. The number of nitrogens with one attached hydrogen (secondary N) is 1. The lowest BCUT2D eigenvalue weighted by atomic mass is 9.92. The molecule has 0 bridgehead atoms. The monoisotopic (exact) mass is 502 g/mol. The summed E-state index contributed by atoms with van der Waals surface area (Å²) in [6.07, 6.45) is 2.27. The van der Waals surface area contributed by atoms with E-state index in [-0.39, 0.29) is 24.3 Å². The maximum absolute atomic E-state index is 13.6. The number of likely N-dealkylation sites (N-methyl/N-ethyl adjacent to an activating group) is 1. The molecule has 34 heavy (non-hydrogen) atoms. The third-order valence-electron chi connectivity index (χ3n) is 6.37. The standard InChI is InChI=1S/C25H31ClN4O3S/c1-4-29(5-2)24(32)22-16(3)28-25-30(23(22)19-10-6-7-11-20(19)26)17(15-34-25)13-21(31)27-14-18-9-8-12-33-18/h6-7,10-11,15,18,23H,4-5,8-9,12-14H2,1-3H3,(H,27,31)/t18-,23-/m0/s1. The number of carbonyl (C=O) groups is 2. The lowest BCUT2D eigenvalue weighted by Gasteiger charge is -2.38. The van der Waals surface area contributed by atoms with Gasteiger partial charge in [0.15, 0.2) is 5.17 Å². The quantitative estimate of drug-likeness (QED) is 0.567. The molecular formula is C25H31ClN4O3S. The van der Waals surface area contributed by atoms with E-state index in [0.717, 1.165) is 35.9 Å². The van der Waals surface area contributed by atoms with Gasteiger partial charge in [-0.25, -0.2) is 4.99 Å². The Labute approximate surface area is 210 Å². The van der Waals surface area contributed by atoms with Gasteiger partial charge in [-0.3, -0.25) is 9.59 Å². The Morgan fingerprint density at radius 3 is 2.74 bits per heavy atom. The first-order chi connectivity index (χ1) is 16.4. The highest BCUT2D eigenvalue weighted by Crippen LogP contribution is 2.46. The van der Waals surface area contributed by atoms with Gasteiger partial charge < -0.3 is 19.9 Å². The average Bonchev–Trinajstić information content (AvgIpc) is 3.48. The van der Waals surface area contributed by atoms with Crippen LogP contribution in [-0.4, -0.2) is 59.1 Å². The number of thioether (sulfide) groups is 1. The molecule has 9 heteroatoms. The minimum atomic E-state index is -0.457. The molecule has 7 nitrogen and oxygen atoms in total. The first-order valence-corrected chi connectivity index (χ1v) is 13.1. The van der Waals surface area contributed by atoms with Gasteiger partial charge in [-0.05, 0) is 50.7 Å². The Kier molecular flexibility index (Phi) is 8.01. The van der Waals surface area contributed by atoms with E-state index in [1.807, 2.05) is 55.3 Å². The second-order valence-corrected chi connectivity index (χ2v) is 9.75. The van der Waals surface area contributed by atoms with E-state index in [2.05, 4.69) is 5.32 Å². The van der Waals surface area contributed by atoms with Gasteiger partial charge in [-0.15, -0.1) is 0 Å². The minimum Gasteiger partial charge on any atom is -0.376 e. The highest BCUT2D eigenvalue weighted by Gasteiger charge is 2.42. The Bertz CT molecular complexity index is 1040. The smallest absolute Gasteiger partial charge is 0.254 e. The number of halogens is 1.